The van der Waals surface area contributed by atoms with E-state index >= 15 is 0 Å². The van der Waals surface area contributed by atoms with Gasteiger partial charge in [0.25, 0.3) is 5.91 Å². The van der Waals surface area contributed by atoms with Gasteiger partial charge in [-0.05, 0) is 51.0 Å². The molecule has 23 heavy (non-hydrogen) atoms. The molecule has 0 fully saturated rings. The first-order valence-corrected chi connectivity index (χ1v) is 7.67. The van der Waals surface area contributed by atoms with Crippen LogP contribution in [0.25, 0.3) is 0 Å². The zero-order valence-corrected chi connectivity index (χ0v) is 13.8. The molecule has 0 saturated heterocycles. The zero-order valence-electron chi connectivity index (χ0n) is 13.8. The molecule has 1 unspecified atom stereocenters. The number of aliphatic hydroxyl groups is 1. The lowest BCUT2D eigenvalue weighted by atomic mass is 10.1. The van der Waals surface area contributed by atoms with E-state index < -0.39 is 6.10 Å². The first-order chi connectivity index (χ1) is 11.0. The van der Waals surface area contributed by atoms with Gasteiger partial charge in [-0.3, -0.25) is 4.79 Å². The molecule has 0 aliphatic heterocycles. The van der Waals surface area contributed by atoms with Gasteiger partial charge >= 0.3 is 0 Å². The summed E-state index contributed by atoms with van der Waals surface area (Å²) in [6, 6.07) is 9.36. The lowest BCUT2D eigenvalue weighted by molar-refractivity contribution is -0.123. The van der Waals surface area contributed by atoms with Crippen molar-refractivity contribution in [1.29, 1.82) is 0 Å². The SMILES string of the molecule is Cc1cccc(OCC(=O)NCCC(O)c2cc(C)oc2C)c1. The Labute approximate surface area is 136 Å². The normalized spacial score (nSPS) is 12.0. The van der Waals surface area contributed by atoms with Crippen LogP contribution >= 0.6 is 0 Å². The molecule has 1 aromatic carbocycles. The molecule has 2 aromatic rings. The first kappa shape index (κ1) is 17.1. The van der Waals surface area contributed by atoms with Crippen LogP contribution in [-0.2, 0) is 4.79 Å². The van der Waals surface area contributed by atoms with Gasteiger partial charge in [0.1, 0.15) is 17.3 Å². The van der Waals surface area contributed by atoms with Gasteiger partial charge in [-0.1, -0.05) is 12.1 Å². The molecular weight excluding hydrogens is 294 g/mol. The van der Waals surface area contributed by atoms with Crippen molar-refractivity contribution in [2.45, 2.75) is 33.3 Å². The lowest BCUT2D eigenvalue weighted by Crippen LogP contribution is -2.30. The van der Waals surface area contributed by atoms with Crippen LogP contribution in [0.5, 0.6) is 5.75 Å². The molecule has 2 rings (SSSR count). The molecule has 5 nitrogen and oxygen atoms in total. The monoisotopic (exact) mass is 317 g/mol. The van der Waals surface area contributed by atoms with Crippen LogP contribution in [0.1, 0.15) is 35.2 Å². The van der Waals surface area contributed by atoms with Crippen LogP contribution in [0.2, 0.25) is 0 Å². The smallest absolute Gasteiger partial charge is 0.257 e. The zero-order chi connectivity index (χ0) is 16.8. The third-order valence-electron chi connectivity index (χ3n) is 3.54. The summed E-state index contributed by atoms with van der Waals surface area (Å²) in [5.41, 5.74) is 1.85. The Hall–Kier alpha value is -2.27. The fourth-order valence-corrected chi connectivity index (χ4v) is 2.39. The molecule has 0 saturated carbocycles. The Morgan fingerprint density at radius 2 is 2.09 bits per heavy atom. The summed E-state index contributed by atoms with van der Waals surface area (Å²) in [4.78, 5) is 11.8. The van der Waals surface area contributed by atoms with Crippen LogP contribution in [0, 0.1) is 20.8 Å². The highest BCUT2D eigenvalue weighted by Gasteiger charge is 2.14. The second-order valence-corrected chi connectivity index (χ2v) is 5.63. The molecule has 0 bridgehead atoms. The summed E-state index contributed by atoms with van der Waals surface area (Å²) in [6.45, 7) is 5.96. The van der Waals surface area contributed by atoms with Crippen LogP contribution in [0.3, 0.4) is 0 Å². The van der Waals surface area contributed by atoms with E-state index in [9.17, 15) is 9.90 Å². The number of hydrogen-bond donors (Lipinski definition) is 2. The lowest BCUT2D eigenvalue weighted by Gasteiger charge is -2.11. The van der Waals surface area contributed by atoms with Crippen molar-refractivity contribution >= 4 is 5.91 Å². The van der Waals surface area contributed by atoms with Gasteiger partial charge in [0.15, 0.2) is 6.61 Å². The Morgan fingerprint density at radius 3 is 2.74 bits per heavy atom. The van der Waals surface area contributed by atoms with Crippen molar-refractivity contribution in [3.05, 3.63) is 53.0 Å². The molecule has 0 radical (unpaired) electrons. The number of amides is 1. The van der Waals surface area contributed by atoms with Gasteiger partial charge in [0, 0.05) is 12.1 Å². The highest BCUT2D eigenvalue weighted by atomic mass is 16.5. The van der Waals surface area contributed by atoms with Crippen LogP contribution in [-0.4, -0.2) is 24.2 Å². The van der Waals surface area contributed by atoms with E-state index in [2.05, 4.69) is 5.32 Å². The Bertz CT molecular complexity index is 663. The average molecular weight is 317 g/mol. The van der Waals surface area contributed by atoms with Crippen molar-refractivity contribution in [2.75, 3.05) is 13.2 Å². The number of carbonyl (C=O) groups excluding carboxylic acids is 1. The summed E-state index contributed by atoms with van der Waals surface area (Å²) >= 11 is 0. The van der Waals surface area contributed by atoms with E-state index in [1.54, 1.807) is 0 Å². The predicted octanol–water partition coefficient (Wildman–Crippen LogP) is 2.82. The number of ether oxygens (including phenoxy) is 1. The number of hydrogen-bond acceptors (Lipinski definition) is 4. The van der Waals surface area contributed by atoms with Crippen molar-refractivity contribution in [2.24, 2.45) is 0 Å². The minimum absolute atomic E-state index is 0.0383. The molecule has 1 aromatic heterocycles. The highest BCUT2D eigenvalue weighted by molar-refractivity contribution is 5.77. The molecule has 0 aliphatic carbocycles. The molecule has 1 amide bonds. The molecule has 2 N–H and O–H groups in total. The summed E-state index contributed by atoms with van der Waals surface area (Å²) in [7, 11) is 0. The van der Waals surface area contributed by atoms with Crippen molar-refractivity contribution in [3.8, 4) is 5.75 Å². The number of aryl methyl sites for hydroxylation is 3. The molecule has 1 heterocycles. The van der Waals surface area contributed by atoms with Gasteiger partial charge in [-0.25, -0.2) is 0 Å². The van der Waals surface area contributed by atoms with Gasteiger partial charge in [-0.2, -0.15) is 0 Å². The third kappa shape index (κ3) is 5.14. The number of carbonyl (C=O) groups is 1. The van der Waals surface area contributed by atoms with Gasteiger partial charge < -0.3 is 19.6 Å². The van der Waals surface area contributed by atoms with Crippen molar-refractivity contribution < 1.29 is 19.1 Å². The molecule has 5 heteroatoms. The number of aliphatic hydroxyl groups excluding tert-OH is 1. The van der Waals surface area contributed by atoms with E-state index in [1.807, 2.05) is 51.1 Å². The standard InChI is InChI=1S/C18H23NO4/c1-12-5-4-6-15(9-12)22-11-18(21)19-8-7-17(20)16-10-13(2)23-14(16)3/h4-6,9-10,17,20H,7-8,11H2,1-3H3,(H,19,21). The first-order valence-electron chi connectivity index (χ1n) is 7.67. The van der Waals surface area contributed by atoms with E-state index in [-0.39, 0.29) is 12.5 Å². The van der Waals surface area contributed by atoms with Crippen molar-refractivity contribution in [3.63, 3.8) is 0 Å². The highest BCUT2D eigenvalue weighted by Crippen LogP contribution is 2.23. The quantitative estimate of drug-likeness (QED) is 0.824. The van der Waals surface area contributed by atoms with Gasteiger partial charge in [-0.15, -0.1) is 0 Å². The van der Waals surface area contributed by atoms with E-state index in [4.69, 9.17) is 9.15 Å². The van der Waals surface area contributed by atoms with E-state index in [0.717, 1.165) is 16.9 Å². The van der Waals surface area contributed by atoms with Gasteiger partial charge in [0.05, 0.1) is 6.10 Å². The fourth-order valence-electron chi connectivity index (χ4n) is 2.39. The van der Waals surface area contributed by atoms with Crippen molar-refractivity contribution in [1.82, 2.24) is 5.32 Å². The number of rotatable bonds is 7. The number of benzene rings is 1. The maximum atomic E-state index is 11.8. The Kier molecular flexibility index (Phi) is 5.82. The third-order valence-corrected chi connectivity index (χ3v) is 3.54. The predicted molar refractivity (Wildman–Crippen MR) is 87.4 cm³/mol. The summed E-state index contributed by atoms with van der Waals surface area (Å²) in [5.74, 6) is 1.94. The molecule has 0 aliphatic rings. The maximum Gasteiger partial charge on any atom is 0.257 e. The molecule has 124 valence electrons. The Balaban J connectivity index is 1.71. The fraction of sp³-hybridized carbons (Fsp3) is 0.389. The second-order valence-electron chi connectivity index (χ2n) is 5.63. The average Bonchev–Trinajstić information content (AvgIpc) is 2.84. The second kappa shape index (κ2) is 7.83. The maximum absolute atomic E-state index is 11.8. The van der Waals surface area contributed by atoms with Crippen LogP contribution in [0.15, 0.2) is 34.7 Å². The largest absolute Gasteiger partial charge is 0.484 e. The molecular formula is C18H23NO4. The summed E-state index contributed by atoms with van der Waals surface area (Å²) in [6.07, 6.45) is -0.221. The van der Waals surface area contributed by atoms with E-state index in [1.165, 1.54) is 0 Å². The topological polar surface area (TPSA) is 71.7 Å². The molecule has 1 atom stereocenters. The summed E-state index contributed by atoms with van der Waals surface area (Å²) < 4.78 is 10.8. The number of nitrogens with one attached hydrogen (secondary N) is 1. The van der Waals surface area contributed by atoms with Crippen LogP contribution < -0.4 is 10.1 Å². The van der Waals surface area contributed by atoms with Gasteiger partial charge in [0.2, 0.25) is 0 Å². The minimum Gasteiger partial charge on any atom is -0.484 e. The van der Waals surface area contributed by atoms with Crippen LogP contribution in [0.4, 0.5) is 0 Å². The summed E-state index contributed by atoms with van der Waals surface area (Å²) in [5, 5.41) is 12.9. The van der Waals surface area contributed by atoms with E-state index in [0.29, 0.717) is 24.5 Å². The molecule has 0 spiro atoms. The minimum atomic E-state index is -0.648. The number of furan rings is 1. The Morgan fingerprint density at radius 1 is 1.30 bits per heavy atom.